The Morgan fingerprint density at radius 2 is 1.58 bits per heavy atom. The SMILES string of the molecule is CCCCN1C(=O)C(=C2C=C(C)C3=CC=C(N(CC)CC)CC3O2)C(=O)N(CCCC)C1=S. The molecule has 3 rings (SSSR count). The Kier molecular flexibility index (Phi) is 8.51. The average Bonchev–Trinajstić information content (AvgIpc) is 2.79. The van der Waals surface area contributed by atoms with E-state index in [2.05, 4.69) is 44.7 Å². The lowest BCUT2D eigenvalue weighted by Crippen LogP contribution is -2.57. The van der Waals surface area contributed by atoms with Gasteiger partial charge >= 0.3 is 0 Å². The summed E-state index contributed by atoms with van der Waals surface area (Å²) in [6.07, 6.45) is 10.1. The van der Waals surface area contributed by atoms with E-state index in [0.717, 1.165) is 56.3 Å². The predicted octanol–water partition coefficient (Wildman–Crippen LogP) is 4.70. The summed E-state index contributed by atoms with van der Waals surface area (Å²) in [7, 11) is 0. The van der Waals surface area contributed by atoms with E-state index in [-0.39, 0.29) is 23.5 Å². The minimum absolute atomic E-state index is 0.105. The van der Waals surface area contributed by atoms with E-state index in [1.54, 1.807) is 9.80 Å². The summed E-state index contributed by atoms with van der Waals surface area (Å²) < 4.78 is 6.38. The van der Waals surface area contributed by atoms with Crippen molar-refractivity contribution in [1.82, 2.24) is 14.7 Å². The van der Waals surface area contributed by atoms with E-state index < -0.39 is 0 Å². The van der Waals surface area contributed by atoms with Crippen LogP contribution in [-0.4, -0.2) is 63.9 Å². The van der Waals surface area contributed by atoms with Crippen molar-refractivity contribution in [2.45, 2.75) is 72.8 Å². The molecule has 0 saturated carbocycles. The Morgan fingerprint density at radius 1 is 1.00 bits per heavy atom. The summed E-state index contributed by atoms with van der Waals surface area (Å²) in [6, 6.07) is 0. The van der Waals surface area contributed by atoms with Gasteiger partial charge in [0.2, 0.25) is 0 Å². The van der Waals surface area contributed by atoms with Crippen LogP contribution >= 0.6 is 12.2 Å². The van der Waals surface area contributed by atoms with Gasteiger partial charge in [0.05, 0.1) is 0 Å². The molecule has 0 spiro atoms. The molecule has 1 aliphatic carbocycles. The van der Waals surface area contributed by atoms with E-state index in [1.807, 2.05) is 13.0 Å². The lowest BCUT2D eigenvalue weighted by molar-refractivity contribution is -0.134. The lowest BCUT2D eigenvalue weighted by atomic mass is 9.90. The van der Waals surface area contributed by atoms with Crippen LogP contribution in [0.25, 0.3) is 0 Å². The molecule has 1 fully saturated rings. The minimum atomic E-state index is -0.340. The fourth-order valence-corrected chi connectivity index (χ4v) is 4.88. The van der Waals surface area contributed by atoms with Gasteiger partial charge in [-0.3, -0.25) is 19.4 Å². The monoisotopic (exact) mass is 471 g/mol. The third kappa shape index (κ3) is 5.08. The van der Waals surface area contributed by atoms with Gasteiger partial charge in [-0.25, -0.2) is 0 Å². The molecule has 3 aliphatic rings. The Bertz CT molecular complexity index is 895. The molecule has 2 aliphatic heterocycles. The number of amides is 2. The first-order chi connectivity index (χ1) is 15.9. The van der Waals surface area contributed by atoms with Crippen LogP contribution in [0.3, 0.4) is 0 Å². The Balaban J connectivity index is 2.00. The van der Waals surface area contributed by atoms with E-state index in [4.69, 9.17) is 17.0 Å². The molecule has 180 valence electrons. The Hall–Kier alpha value is -2.41. The smallest absolute Gasteiger partial charge is 0.269 e. The summed E-state index contributed by atoms with van der Waals surface area (Å²) in [5.74, 6) is -0.308. The highest BCUT2D eigenvalue weighted by molar-refractivity contribution is 7.80. The summed E-state index contributed by atoms with van der Waals surface area (Å²) in [4.78, 5) is 32.5. The van der Waals surface area contributed by atoms with Crippen molar-refractivity contribution in [3.05, 3.63) is 46.4 Å². The molecule has 0 bridgehead atoms. The van der Waals surface area contributed by atoms with Crippen molar-refractivity contribution in [1.29, 1.82) is 0 Å². The maximum absolute atomic E-state index is 13.5. The van der Waals surface area contributed by atoms with Gasteiger partial charge in [0, 0.05) is 38.3 Å². The molecule has 0 N–H and O–H groups in total. The molecule has 6 nitrogen and oxygen atoms in total. The number of hydrogen-bond donors (Lipinski definition) is 0. The van der Waals surface area contributed by atoms with Crippen LogP contribution in [0.15, 0.2) is 46.4 Å². The number of nitrogens with zero attached hydrogens (tertiary/aromatic N) is 3. The average molecular weight is 472 g/mol. The highest BCUT2D eigenvalue weighted by atomic mass is 32.1. The summed E-state index contributed by atoms with van der Waals surface area (Å²) in [5, 5.41) is 0.317. The number of allylic oxidation sites excluding steroid dienone is 3. The highest BCUT2D eigenvalue weighted by Gasteiger charge is 2.42. The van der Waals surface area contributed by atoms with Crippen molar-refractivity contribution >= 4 is 29.1 Å². The number of rotatable bonds is 9. The number of carbonyl (C=O) groups is 2. The Morgan fingerprint density at radius 3 is 2.09 bits per heavy atom. The highest BCUT2D eigenvalue weighted by Crippen LogP contribution is 2.36. The molecule has 0 aromatic carbocycles. The maximum atomic E-state index is 13.5. The lowest BCUT2D eigenvalue weighted by Gasteiger charge is -2.39. The summed E-state index contributed by atoms with van der Waals surface area (Å²) >= 11 is 5.58. The molecule has 2 heterocycles. The van der Waals surface area contributed by atoms with Crippen molar-refractivity contribution < 1.29 is 14.3 Å². The zero-order chi connectivity index (χ0) is 24.1. The van der Waals surface area contributed by atoms with E-state index in [0.29, 0.717) is 24.0 Å². The zero-order valence-electron chi connectivity index (χ0n) is 20.6. The van der Waals surface area contributed by atoms with Crippen LogP contribution in [0.4, 0.5) is 0 Å². The minimum Gasteiger partial charge on any atom is -0.484 e. The number of ether oxygens (including phenoxy) is 1. The maximum Gasteiger partial charge on any atom is 0.269 e. The van der Waals surface area contributed by atoms with Crippen LogP contribution < -0.4 is 0 Å². The second-order valence-electron chi connectivity index (χ2n) is 8.73. The van der Waals surface area contributed by atoms with E-state index >= 15 is 0 Å². The van der Waals surface area contributed by atoms with Gasteiger partial charge in [-0.05, 0) is 69.1 Å². The van der Waals surface area contributed by atoms with Crippen LogP contribution in [0.2, 0.25) is 0 Å². The largest absolute Gasteiger partial charge is 0.484 e. The van der Waals surface area contributed by atoms with Crippen molar-refractivity contribution in [2.75, 3.05) is 26.2 Å². The van der Waals surface area contributed by atoms with Gasteiger partial charge in [0.15, 0.2) is 5.11 Å². The number of hydrogen-bond acceptors (Lipinski definition) is 5. The van der Waals surface area contributed by atoms with Crippen molar-refractivity contribution in [3.8, 4) is 0 Å². The molecule has 2 amide bonds. The van der Waals surface area contributed by atoms with Gasteiger partial charge in [-0.2, -0.15) is 0 Å². The van der Waals surface area contributed by atoms with E-state index in [1.165, 1.54) is 5.70 Å². The summed E-state index contributed by atoms with van der Waals surface area (Å²) in [6.45, 7) is 13.3. The third-order valence-corrected chi connectivity index (χ3v) is 6.98. The van der Waals surface area contributed by atoms with Crippen LogP contribution in [0.5, 0.6) is 0 Å². The van der Waals surface area contributed by atoms with Gasteiger partial charge < -0.3 is 9.64 Å². The third-order valence-electron chi connectivity index (χ3n) is 6.54. The van der Waals surface area contributed by atoms with Crippen LogP contribution in [-0.2, 0) is 14.3 Å². The zero-order valence-corrected chi connectivity index (χ0v) is 21.5. The normalized spacial score (nSPS) is 20.9. The van der Waals surface area contributed by atoms with Gasteiger partial charge in [-0.15, -0.1) is 0 Å². The van der Waals surface area contributed by atoms with Crippen LogP contribution in [0, 0.1) is 0 Å². The van der Waals surface area contributed by atoms with Crippen LogP contribution in [0.1, 0.15) is 66.7 Å². The first kappa shape index (κ1) is 25.2. The topological polar surface area (TPSA) is 53.1 Å². The fourth-order valence-electron chi connectivity index (χ4n) is 4.53. The van der Waals surface area contributed by atoms with Crippen molar-refractivity contribution in [2.24, 2.45) is 0 Å². The molecule has 1 atom stereocenters. The first-order valence-corrected chi connectivity index (χ1v) is 12.7. The standard InChI is InChI=1S/C26H37N3O3S/c1-6-10-14-28-24(30)23(25(31)29(26(28)33)15-11-7-2)22-16-18(5)20-13-12-19(17-21(20)32-22)27(8-3)9-4/h12-13,16,21H,6-11,14-15,17H2,1-5H3. The number of unbranched alkanes of at least 4 members (excludes halogenated alkanes) is 2. The quantitative estimate of drug-likeness (QED) is 0.277. The molecular formula is C26H37N3O3S. The van der Waals surface area contributed by atoms with Crippen molar-refractivity contribution in [3.63, 3.8) is 0 Å². The molecule has 1 saturated heterocycles. The number of fused-ring (bicyclic) bond motifs is 1. The number of thiocarbonyl (C=S) groups is 1. The molecule has 0 aromatic rings. The summed E-state index contributed by atoms with van der Waals surface area (Å²) in [5.41, 5.74) is 3.45. The van der Waals surface area contributed by atoms with Gasteiger partial charge in [0.25, 0.3) is 11.8 Å². The molecule has 0 radical (unpaired) electrons. The van der Waals surface area contributed by atoms with Gasteiger partial charge in [-0.1, -0.05) is 32.8 Å². The van der Waals surface area contributed by atoms with E-state index in [9.17, 15) is 9.59 Å². The number of carbonyl (C=O) groups excluding carboxylic acids is 2. The predicted molar refractivity (Wildman–Crippen MR) is 135 cm³/mol. The first-order valence-electron chi connectivity index (χ1n) is 12.3. The fraction of sp³-hybridized carbons (Fsp3) is 0.577. The molecular weight excluding hydrogens is 434 g/mol. The van der Waals surface area contributed by atoms with Gasteiger partial charge in [0.1, 0.15) is 17.4 Å². The second kappa shape index (κ2) is 11.1. The Labute approximate surface area is 203 Å². The second-order valence-corrected chi connectivity index (χ2v) is 9.10. The molecule has 33 heavy (non-hydrogen) atoms. The molecule has 0 aromatic heterocycles. The molecule has 1 unspecified atom stereocenters. The molecule has 7 heteroatoms.